The van der Waals surface area contributed by atoms with Gasteiger partial charge in [-0.3, -0.25) is 9.59 Å². The molecule has 0 aliphatic carbocycles. The molecule has 190 valence electrons. The number of hydrogen-bond donors (Lipinski definition) is 1. The summed E-state index contributed by atoms with van der Waals surface area (Å²) in [6, 6.07) is 15.5. The third kappa shape index (κ3) is 4.04. The number of ketones is 1. The molecule has 1 saturated heterocycles. The predicted molar refractivity (Wildman–Crippen MR) is 144 cm³/mol. The Morgan fingerprint density at radius 1 is 0.973 bits per heavy atom. The van der Waals surface area contributed by atoms with Gasteiger partial charge in [-0.05, 0) is 73.8 Å². The van der Waals surface area contributed by atoms with Gasteiger partial charge in [-0.2, -0.15) is 0 Å². The summed E-state index contributed by atoms with van der Waals surface area (Å²) in [6.07, 6.45) is 0. The van der Waals surface area contributed by atoms with Crippen molar-refractivity contribution in [2.24, 2.45) is 5.92 Å². The van der Waals surface area contributed by atoms with Crippen molar-refractivity contribution in [1.29, 1.82) is 0 Å². The number of aryl methyl sites for hydroxylation is 3. The van der Waals surface area contributed by atoms with Crippen molar-refractivity contribution in [1.82, 2.24) is 4.90 Å². The van der Waals surface area contributed by atoms with Crippen molar-refractivity contribution in [2.75, 3.05) is 0 Å². The molecule has 4 heterocycles. The van der Waals surface area contributed by atoms with E-state index in [-0.39, 0.29) is 11.5 Å². The molecule has 1 aromatic carbocycles. The van der Waals surface area contributed by atoms with Gasteiger partial charge in [0.2, 0.25) is 5.78 Å². The van der Waals surface area contributed by atoms with Gasteiger partial charge in [0.25, 0.3) is 5.91 Å². The van der Waals surface area contributed by atoms with E-state index in [9.17, 15) is 19.5 Å². The van der Waals surface area contributed by atoms with Gasteiger partial charge in [0.1, 0.15) is 11.3 Å². The molecule has 5 rings (SSSR count). The largest absolute Gasteiger partial charge is 0.479 e. The molecule has 4 aromatic rings. The normalized spacial score (nSPS) is 23.4. The maximum atomic E-state index is 14.3. The number of rotatable bonds is 6. The standard InChI is InChI=1S/C29H27NO5S2/c1-16-7-5-8-19(15-16)24-22(25(31)20-11-10-18(3)35-20)23(26-17(2)12-14-37-26)29(4,28(33)34)30(24)27(32)21-9-6-13-36-21/h5-15,22-24H,1-4H3,(H,33,34). The number of carboxylic acids is 1. The van der Waals surface area contributed by atoms with Gasteiger partial charge in [-0.1, -0.05) is 35.9 Å². The first-order valence-corrected chi connectivity index (χ1v) is 13.7. The number of hydrogen-bond acceptors (Lipinski definition) is 6. The Morgan fingerprint density at radius 2 is 1.76 bits per heavy atom. The summed E-state index contributed by atoms with van der Waals surface area (Å²) in [6.45, 7) is 7.19. The van der Waals surface area contributed by atoms with Crippen LogP contribution in [0, 0.1) is 26.7 Å². The number of Topliss-reactive ketones (excluding diaryl/α,β-unsaturated/α-hetero) is 1. The van der Waals surface area contributed by atoms with Crippen molar-refractivity contribution < 1.29 is 23.9 Å². The van der Waals surface area contributed by atoms with Gasteiger partial charge < -0.3 is 14.4 Å². The summed E-state index contributed by atoms with van der Waals surface area (Å²) in [5, 5.41) is 14.5. The van der Waals surface area contributed by atoms with E-state index in [2.05, 4.69) is 0 Å². The first-order chi connectivity index (χ1) is 17.6. The van der Waals surface area contributed by atoms with Gasteiger partial charge in [0, 0.05) is 10.8 Å². The fourth-order valence-electron chi connectivity index (χ4n) is 5.58. The molecule has 1 aliphatic heterocycles. The van der Waals surface area contributed by atoms with Crippen molar-refractivity contribution >= 4 is 40.3 Å². The van der Waals surface area contributed by atoms with Crippen LogP contribution in [-0.4, -0.2) is 33.2 Å². The number of carbonyl (C=O) groups is 3. The number of nitrogens with zero attached hydrogens (tertiary/aromatic N) is 1. The average Bonchev–Trinajstić information content (AvgIpc) is 3.65. The fraction of sp³-hybridized carbons (Fsp3) is 0.276. The topological polar surface area (TPSA) is 87.8 Å². The van der Waals surface area contributed by atoms with E-state index < -0.39 is 35.3 Å². The zero-order valence-corrected chi connectivity index (χ0v) is 22.6. The van der Waals surface area contributed by atoms with E-state index in [1.54, 1.807) is 43.5 Å². The number of aliphatic carboxylic acids is 1. The summed E-state index contributed by atoms with van der Waals surface area (Å²) in [5.41, 5.74) is 0.862. The second-order valence-electron chi connectivity index (χ2n) is 9.71. The molecule has 8 heteroatoms. The van der Waals surface area contributed by atoms with Gasteiger partial charge in [-0.15, -0.1) is 22.7 Å². The first-order valence-electron chi connectivity index (χ1n) is 12.0. The predicted octanol–water partition coefficient (Wildman–Crippen LogP) is 6.65. The lowest BCUT2D eigenvalue weighted by molar-refractivity contribution is -0.148. The summed E-state index contributed by atoms with van der Waals surface area (Å²) in [4.78, 5) is 44.3. The van der Waals surface area contributed by atoms with Crippen LogP contribution in [0.3, 0.4) is 0 Å². The van der Waals surface area contributed by atoms with Gasteiger partial charge in [0.05, 0.1) is 16.8 Å². The Kier molecular flexibility index (Phi) is 6.41. The Morgan fingerprint density at radius 3 is 2.32 bits per heavy atom. The smallest absolute Gasteiger partial charge is 0.330 e. The molecule has 0 saturated carbocycles. The zero-order valence-electron chi connectivity index (χ0n) is 20.9. The van der Waals surface area contributed by atoms with Crippen molar-refractivity contribution in [2.45, 2.75) is 45.2 Å². The number of carbonyl (C=O) groups excluding carboxylic acids is 2. The molecule has 1 N–H and O–H groups in total. The van der Waals surface area contributed by atoms with E-state index in [1.807, 2.05) is 49.6 Å². The monoisotopic (exact) mass is 533 g/mol. The minimum atomic E-state index is -1.70. The highest BCUT2D eigenvalue weighted by atomic mass is 32.1. The van der Waals surface area contributed by atoms with Crippen LogP contribution in [-0.2, 0) is 4.79 Å². The van der Waals surface area contributed by atoms with Gasteiger partial charge >= 0.3 is 5.97 Å². The lowest BCUT2D eigenvalue weighted by Crippen LogP contribution is -2.54. The molecule has 0 bridgehead atoms. The van der Waals surface area contributed by atoms with Crippen LogP contribution < -0.4 is 0 Å². The Labute approximate surface area is 223 Å². The summed E-state index contributed by atoms with van der Waals surface area (Å²) in [7, 11) is 0. The van der Waals surface area contributed by atoms with Gasteiger partial charge in [0.15, 0.2) is 5.76 Å². The number of likely N-dealkylation sites (tertiary alicyclic amines) is 1. The second-order valence-corrected chi connectivity index (χ2v) is 11.6. The number of thiophene rings is 2. The fourth-order valence-corrected chi connectivity index (χ4v) is 7.44. The van der Waals surface area contributed by atoms with E-state index in [0.717, 1.165) is 21.6 Å². The van der Waals surface area contributed by atoms with Crippen molar-refractivity contribution in [3.05, 3.63) is 103 Å². The Hall–Kier alpha value is -3.49. The summed E-state index contributed by atoms with van der Waals surface area (Å²) < 4.78 is 5.76. The van der Waals surface area contributed by atoms with Crippen molar-refractivity contribution in [3.8, 4) is 0 Å². The van der Waals surface area contributed by atoms with E-state index in [4.69, 9.17) is 4.42 Å². The highest BCUT2D eigenvalue weighted by Gasteiger charge is 2.65. The Balaban J connectivity index is 1.83. The molecule has 0 radical (unpaired) electrons. The molecule has 4 atom stereocenters. The molecular weight excluding hydrogens is 506 g/mol. The molecule has 37 heavy (non-hydrogen) atoms. The number of amides is 1. The Bertz CT molecular complexity index is 1480. The maximum absolute atomic E-state index is 14.3. The molecule has 1 aliphatic rings. The van der Waals surface area contributed by atoms with Gasteiger partial charge in [-0.25, -0.2) is 4.79 Å². The average molecular weight is 534 g/mol. The molecular formula is C29H27NO5S2. The van der Waals surface area contributed by atoms with Crippen LogP contribution in [0.4, 0.5) is 0 Å². The SMILES string of the molecule is Cc1cccc(C2C(C(=O)c3ccc(C)o3)C(c3sccc3C)C(C)(C(=O)O)N2C(=O)c2cccs2)c1. The van der Waals surface area contributed by atoms with Crippen LogP contribution >= 0.6 is 22.7 Å². The van der Waals surface area contributed by atoms with E-state index >= 15 is 0 Å². The first kappa shape index (κ1) is 25.2. The van der Waals surface area contributed by atoms with Crippen LogP contribution in [0.15, 0.2) is 69.8 Å². The van der Waals surface area contributed by atoms with Crippen molar-refractivity contribution in [3.63, 3.8) is 0 Å². The minimum Gasteiger partial charge on any atom is -0.479 e. The molecule has 1 fully saturated rings. The number of benzene rings is 1. The van der Waals surface area contributed by atoms with Crippen LogP contribution in [0.5, 0.6) is 0 Å². The summed E-state index contributed by atoms with van der Waals surface area (Å²) in [5.74, 6) is -2.80. The van der Waals surface area contributed by atoms with Crippen LogP contribution in [0.1, 0.15) is 66.4 Å². The molecule has 6 nitrogen and oxygen atoms in total. The number of furan rings is 1. The van der Waals surface area contributed by atoms with E-state index in [0.29, 0.717) is 10.6 Å². The quantitative estimate of drug-likeness (QED) is 0.280. The van der Waals surface area contributed by atoms with Crippen LogP contribution in [0.25, 0.3) is 0 Å². The maximum Gasteiger partial charge on any atom is 0.330 e. The highest BCUT2D eigenvalue weighted by Crippen LogP contribution is 2.58. The molecule has 3 aromatic heterocycles. The third-order valence-corrected chi connectivity index (χ3v) is 9.28. The number of carboxylic acid groups (broad SMARTS) is 1. The summed E-state index contributed by atoms with van der Waals surface area (Å²) >= 11 is 2.68. The highest BCUT2D eigenvalue weighted by molar-refractivity contribution is 7.12. The molecule has 0 spiro atoms. The lowest BCUT2D eigenvalue weighted by Gasteiger charge is -2.37. The lowest BCUT2D eigenvalue weighted by atomic mass is 9.74. The minimum absolute atomic E-state index is 0.164. The third-order valence-electron chi connectivity index (χ3n) is 7.32. The zero-order chi connectivity index (χ0) is 26.5. The molecule has 1 amide bonds. The van der Waals surface area contributed by atoms with E-state index in [1.165, 1.54) is 27.6 Å². The van der Waals surface area contributed by atoms with Crippen LogP contribution in [0.2, 0.25) is 0 Å². The molecule has 4 unspecified atom stereocenters. The second kappa shape index (κ2) is 9.43.